The summed E-state index contributed by atoms with van der Waals surface area (Å²) in [6.07, 6.45) is 0. The van der Waals surface area contributed by atoms with E-state index in [1.807, 2.05) is 0 Å². The first-order valence-electron chi connectivity index (χ1n) is 3.59. The van der Waals surface area contributed by atoms with Gasteiger partial charge in [0, 0.05) is 16.2 Å². The first-order chi connectivity index (χ1) is 6.45. The fourth-order valence-corrected chi connectivity index (χ4v) is 1.80. The van der Waals surface area contributed by atoms with Crippen LogP contribution in [0.5, 0.6) is 0 Å². The Morgan fingerprint density at radius 2 is 1.71 bits per heavy atom. The zero-order chi connectivity index (χ0) is 10.8. The smallest absolute Gasteiger partial charge is 0.261 e. The molecule has 0 aliphatic carbocycles. The average Bonchev–Trinajstić information content (AvgIpc) is 2.15. The van der Waals surface area contributed by atoms with Crippen LogP contribution < -0.4 is 0 Å². The monoisotopic (exact) mass is 252 g/mol. The Balaban J connectivity index is 3.07. The number of Topliss-reactive ketones (excluding diaryl/α,β-unsaturated/α-hetero) is 1. The Morgan fingerprint density at radius 3 is 2.07 bits per heavy atom. The fourth-order valence-electron chi connectivity index (χ4n) is 0.881. The minimum atomic E-state index is -3.72. The third kappa shape index (κ3) is 2.70. The van der Waals surface area contributed by atoms with Crippen LogP contribution in [0.2, 0.25) is 0 Å². The SMILES string of the molecule is O=C(CCl)c1ccc(S(=O)(=O)Cl)cc1. The van der Waals surface area contributed by atoms with Crippen molar-refractivity contribution in [2.24, 2.45) is 0 Å². The van der Waals surface area contributed by atoms with Crippen molar-refractivity contribution >= 4 is 37.1 Å². The second-order valence-electron chi connectivity index (χ2n) is 2.52. The van der Waals surface area contributed by atoms with Crippen LogP contribution in [0.15, 0.2) is 29.2 Å². The molecule has 0 saturated carbocycles. The molecule has 0 bridgehead atoms. The predicted octanol–water partition coefficient (Wildman–Crippen LogP) is 2.04. The Morgan fingerprint density at radius 1 is 1.21 bits per heavy atom. The lowest BCUT2D eigenvalue weighted by atomic mass is 10.1. The van der Waals surface area contributed by atoms with Gasteiger partial charge in [0.05, 0.1) is 10.8 Å². The highest BCUT2D eigenvalue weighted by molar-refractivity contribution is 8.13. The molecule has 14 heavy (non-hydrogen) atoms. The Hall–Kier alpha value is -0.580. The number of hydrogen-bond acceptors (Lipinski definition) is 3. The van der Waals surface area contributed by atoms with Gasteiger partial charge in [0.15, 0.2) is 5.78 Å². The van der Waals surface area contributed by atoms with Crippen molar-refractivity contribution in [2.75, 3.05) is 5.88 Å². The average molecular weight is 253 g/mol. The van der Waals surface area contributed by atoms with Gasteiger partial charge in [-0.15, -0.1) is 11.6 Å². The molecule has 0 heterocycles. The lowest BCUT2D eigenvalue weighted by Gasteiger charge is -1.98. The minimum Gasteiger partial charge on any atom is -0.293 e. The van der Waals surface area contributed by atoms with E-state index < -0.39 is 9.05 Å². The maximum atomic E-state index is 11.1. The zero-order valence-corrected chi connectivity index (χ0v) is 9.23. The molecule has 6 heteroatoms. The maximum absolute atomic E-state index is 11.1. The van der Waals surface area contributed by atoms with E-state index in [1.54, 1.807) is 0 Å². The van der Waals surface area contributed by atoms with E-state index in [0.717, 1.165) is 0 Å². The molecule has 0 atom stereocenters. The standard InChI is InChI=1S/C8H6Cl2O3S/c9-5-8(11)6-1-3-7(4-2-6)14(10,12)13/h1-4H,5H2. The number of hydrogen-bond donors (Lipinski definition) is 0. The Labute approximate surface area is 91.1 Å². The molecule has 0 aliphatic heterocycles. The summed E-state index contributed by atoms with van der Waals surface area (Å²) < 4.78 is 21.7. The van der Waals surface area contributed by atoms with E-state index in [0.29, 0.717) is 5.56 Å². The van der Waals surface area contributed by atoms with Gasteiger partial charge in [-0.25, -0.2) is 8.42 Å². The van der Waals surface area contributed by atoms with E-state index in [-0.39, 0.29) is 16.6 Å². The zero-order valence-electron chi connectivity index (χ0n) is 6.91. The summed E-state index contributed by atoms with van der Waals surface area (Å²) in [5.74, 6) is -0.391. The van der Waals surface area contributed by atoms with E-state index >= 15 is 0 Å². The van der Waals surface area contributed by atoms with E-state index in [2.05, 4.69) is 0 Å². The van der Waals surface area contributed by atoms with Crippen molar-refractivity contribution in [1.29, 1.82) is 0 Å². The summed E-state index contributed by atoms with van der Waals surface area (Å²) in [7, 11) is 1.36. The van der Waals surface area contributed by atoms with Gasteiger partial charge in [-0.3, -0.25) is 4.79 Å². The number of ketones is 1. The molecule has 1 aromatic carbocycles. The second-order valence-corrected chi connectivity index (χ2v) is 5.35. The summed E-state index contributed by atoms with van der Waals surface area (Å²) in [5.41, 5.74) is 0.365. The normalized spacial score (nSPS) is 11.3. The van der Waals surface area contributed by atoms with Gasteiger partial charge in [-0.05, 0) is 12.1 Å². The Kier molecular flexibility index (Phi) is 3.53. The molecule has 0 aromatic heterocycles. The van der Waals surface area contributed by atoms with E-state index in [9.17, 15) is 13.2 Å². The molecule has 0 spiro atoms. The van der Waals surface area contributed by atoms with Gasteiger partial charge in [0.2, 0.25) is 0 Å². The first kappa shape index (κ1) is 11.5. The molecular weight excluding hydrogens is 247 g/mol. The van der Waals surface area contributed by atoms with E-state index in [4.69, 9.17) is 22.3 Å². The molecule has 0 fully saturated rings. The van der Waals surface area contributed by atoms with Gasteiger partial charge in [-0.2, -0.15) is 0 Å². The van der Waals surface area contributed by atoms with Crippen LogP contribution in [0.4, 0.5) is 0 Å². The number of halogens is 2. The third-order valence-corrected chi connectivity index (χ3v) is 3.19. The van der Waals surface area contributed by atoms with Crippen LogP contribution in [-0.2, 0) is 9.05 Å². The molecule has 0 N–H and O–H groups in total. The molecule has 76 valence electrons. The van der Waals surface area contributed by atoms with Crippen LogP contribution in [0.3, 0.4) is 0 Å². The first-order valence-corrected chi connectivity index (χ1v) is 6.43. The van der Waals surface area contributed by atoms with Gasteiger partial charge in [0.25, 0.3) is 9.05 Å². The minimum absolute atomic E-state index is 0.0368. The second kappa shape index (κ2) is 4.29. The van der Waals surface area contributed by atoms with Gasteiger partial charge < -0.3 is 0 Å². The number of alkyl halides is 1. The largest absolute Gasteiger partial charge is 0.293 e. The topological polar surface area (TPSA) is 51.2 Å². The van der Waals surface area contributed by atoms with E-state index in [1.165, 1.54) is 24.3 Å². The van der Waals surface area contributed by atoms with Gasteiger partial charge in [0.1, 0.15) is 0 Å². The van der Waals surface area contributed by atoms with Gasteiger partial charge >= 0.3 is 0 Å². The molecule has 1 aromatic rings. The molecular formula is C8H6Cl2O3S. The van der Waals surface area contributed by atoms with Gasteiger partial charge in [-0.1, -0.05) is 12.1 Å². The predicted molar refractivity (Wildman–Crippen MR) is 54.5 cm³/mol. The third-order valence-electron chi connectivity index (χ3n) is 1.58. The van der Waals surface area contributed by atoms with Crippen LogP contribution >= 0.6 is 22.3 Å². The van der Waals surface area contributed by atoms with Crippen LogP contribution in [0.1, 0.15) is 10.4 Å². The summed E-state index contributed by atoms with van der Waals surface area (Å²) in [5, 5.41) is 0. The molecule has 0 saturated heterocycles. The van der Waals surface area contributed by atoms with Crippen LogP contribution in [-0.4, -0.2) is 20.1 Å². The molecule has 0 amide bonds. The molecule has 0 aliphatic rings. The molecule has 3 nitrogen and oxygen atoms in total. The van der Waals surface area contributed by atoms with Crippen molar-refractivity contribution < 1.29 is 13.2 Å². The summed E-state index contributed by atoms with van der Waals surface area (Å²) >= 11 is 5.32. The van der Waals surface area contributed by atoms with Crippen LogP contribution in [0.25, 0.3) is 0 Å². The maximum Gasteiger partial charge on any atom is 0.261 e. The Bertz CT molecular complexity index is 436. The van der Waals surface area contributed by atoms with Crippen molar-refractivity contribution in [3.05, 3.63) is 29.8 Å². The highest BCUT2D eigenvalue weighted by Gasteiger charge is 2.10. The molecule has 0 radical (unpaired) electrons. The van der Waals surface area contributed by atoms with Crippen molar-refractivity contribution in [3.63, 3.8) is 0 Å². The van der Waals surface area contributed by atoms with Crippen molar-refractivity contribution in [1.82, 2.24) is 0 Å². The fraction of sp³-hybridized carbons (Fsp3) is 0.125. The summed E-state index contributed by atoms with van der Waals surface area (Å²) in [6, 6.07) is 5.28. The summed E-state index contributed by atoms with van der Waals surface area (Å²) in [6.45, 7) is 0. The lowest BCUT2D eigenvalue weighted by molar-refractivity contribution is 0.102. The number of carbonyl (C=O) groups is 1. The molecule has 0 unspecified atom stereocenters. The summed E-state index contributed by atoms with van der Waals surface area (Å²) in [4.78, 5) is 11.0. The molecule has 1 rings (SSSR count). The highest BCUT2D eigenvalue weighted by Crippen LogP contribution is 2.15. The quantitative estimate of drug-likeness (QED) is 0.470. The number of carbonyl (C=O) groups excluding carboxylic acids is 1. The van der Waals surface area contributed by atoms with Crippen molar-refractivity contribution in [2.45, 2.75) is 4.90 Å². The highest BCUT2D eigenvalue weighted by atomic mass is 35.7. The van der Waals surface area contributed by atoms with Crippen molar-refractivity contribution in [3.8, 4) is 0 Å². The van der Waals surface area contributed by atoms with Crippen LogP contribution in [0, 0.1) is 0 Å². The lowest BCUT2D eigenvalue weighted by Crippen LogP contribution is -2.00. The number of benzene rings is 1. The number of rotatable bonds is 3.